The first kappa shape index (κ1) is 5.51. The average Bonchev–Trinajstić information content (AvgIpc) is 1.90. The summed E-state index contributed by atoms with van der Waals surface area (Å²) in [6, 6.07) is 4.87. The Kier molecular flexibility index (Phi) is 1.28. The first-order valence-corrected chi connectivity index (χ1v) is 2.32. The van der Waals surface area contributed by atoms with Crippen LogP contribution < -0.4 is 5.73 Å². The van der Waals surface area contributed by atoms with E-state index in [9.17, 15) is 0 Å². The average molecular weight is 120 g/mol. The minimum Gasteiger partial charge on any atom is -0.382 e. The van der Waals surface area contributed by atoms with Crippen molar-refractivity contribution >= 4 is 5.82 Å². The minimum atomic E-state index is 0.282. The highest BCUT2D eigenvalue weighted by atomic mass is 15.1. The quantitative estimate of drug-likeness (QED) is 0.520. The van der Waals surface area contributed by atoms with Gasteiger partial charge in [-0.3, -0.25) is 0 Å². The van der Waals surface area contributed by atoms with Crippen LogP contribution in [-0.2, 0) is 0 Å². The monoisotopic (exact) mass is 120 g/mol. The second kappa shape index (κ2) is 2.09. The van der Waals surface area contributed by atoms with Crippen molar-refractivity contribution in [1.82, 2.24) is 10.2 Å². The van der Waals surface area contributed by atoms with Crippen molar-refractivity contribution in [2.45, 2.75) is 0 Å². The summed E-state index contributed by atoms with van der Waals surface area (Å²) in [4.78, 5) is 0. The van der Waals surface area contributed by atoms with E-state index in [0.29, 0.717) is 5.82 Å². The van der Waals surface area contributed by atoms with E-state index < -0.39 is 0 Å². The maximum atomic E-state index is 8.24. The molecule has 0 fully saturated rings. The standard InChI is InChI=1S/C5H4N4/c6-3-4-1-2-5(7)9-8-4/h1-2H,(H2,7,9). The number of nitrogens with zero attached hydrogens (tertiary/aromatic N) is 3. The van der Waals surface area contributed by atoms with Crippen molar-refractivity contribution in [1.29, 1.82) is 5.26 Å². The van der Waals surface area contributed by atoms with E-state index in [0.717, 1.165) is 0 Å². The van der Waals surface area contributed by atoms with Crippen LogP contribution in [0.2, 0.25) is 0 Å². The molecule has 0 unspecified atom stereocenters. The number of hydrogen-bond donors (Lipinski definition) is 1. The Balaban J connectivity index is 3.06. The van der Waals surface area contributed by atoms with E-state index in [1.807, 2.05) is 6.07 Å². The topological polar surface area (TPSA) is 75.6 Å². The highest BCUT2D eigenvalue weighted by Crippen LogP contribution is 1.93. The Morgan fingerprint density at radius 3 is 2.67 bits per heavy atom. The predicted molar refractivity (Wildman–Crippen MR) is 31.2 cm³/mol. The van der Waals surface area contributed by atoms with Gasteiger partial charge in [0.25, 0.3) is 0 Å². The van der Waals surface area contributed by atoms with Gasteiger partial charge in [0.2, 0.25) is 0 Å². The third-order valence-electron chi connectivity index (χ3n) is 0.800. The summed E-state index contributed by atoms with van der Waals surface area (Å²) >= 11 is 0. The van der Waals surface area contributed by atoms with E-state index >= 15 is 0 Å². The highest BCUT2D eigenvalue weighted by molar-refractivity contribution is 5.29. The van der Waals surface area contributed by atoms with Gasteiger partial charge in [-0.05, 0) is 12.1 Å². The molecule has 4 heteroatoms. The van der Waals surface area contributed by atoms with Crippen LogP contribution in [-0.4, -0.2) is 10.2 Å². The van der Waals surface area contributed by atoms with Gasteiger partial charge in [0.05, 0.1) is 0 Å². The Hall–Kier alpha value is -1.63. The minimum absolute atomic E-state index is 0.282. The van der Waals surface area contributed by atoms with Gasteiger partial charge in [0.15, 0.2) is 5.69 Å². The number of nitrogen functional groups attached to an aromatic ring is 1. The second-order valence-electron chi connectivity index (χ2n) is 1.46. The Morgan fingerprint density at radius 1 is 1.44 bits per heavy atom. The van der Waals surface area contributed by atoms with Crippen molar-refractivity contribution in [2.75, 3.05) is 5.73 Å². The van der Waals surface area contributed by atoms with Gasteiger partial charge >= 0.3 is 0 Å². The van der Waals surface area contributed by atoms with E-state index in [1.165, 1.54) is 12.1 Å². The summed E-state index contributed by atoms with van der Waals surface area (Å²) in [5.41, 5.74) is 5.48. The van der Waals surface area contributed by atoms with Crippen LogP contribution in [0.5, 0.6) is 0 Å². The number of anilines is 1. The summed E-state index contributed by atoms with van der Waals surface area (Å²) in [6.45, 7) is 0. The molecule has 0 aliphatic rings. The molecule has 0 spiro atoms. The molecule has 0 amide bonds. The molecule has 0 saturated heterocycles. The molecule has 1 aromatic heterocycles. The third-order valence-corrected chi connectivity index (χ3v) is 0.800. The fourth-order valence-corrected chi connectivity index (χ4v) is 0.402. The molecule has 0 bridgehead atoms. The number of rotatable bonds is 0. The molecular formula is C5H4N4. The fraction of sp³-hybridized carbons (Fsp3) is 0. The Bertz CT molecular complexity index is 232. The maximum absolute atomic E-state index is 8.24. The van der Waals surface area contributed by atoms with Crippen molar-refractivity contribution < 1.29 is 0 Å². The molecule has 0 aromatic carbocycles. The van der Waals surface area contributed by atoms with Crippen molar-refractivity contribution in [2.24, 2.45) is 0 Å². The van der Waals surface area contributed by atoms with Crippen LogP contribution in [0.25, 0.3) is 0 Å². The molecule has 0 atom stereocenters. The van der Waals surface area contributed by atoms with Crippen molar-refractivity contribution in [3.05, 3.63) is 17.8 Å². The summed E-state index contributed by atoms with van der Waals surface area (Å²) in [7, 11) is 0. The van der Waals surface area contributed by atoms with Gasteiger partial charge in [-0.25, -0.2) is 0 Å². The lowest BCUT2D eigenvalue weighted by Crippen LogP contribution is -1.93. The first-order valence-electron chi connectivity index (χ1n) is 2.32. The fourth-order valence-electron chi connectivity index (χ4n) is 0.402. The summed E-state index contributed by atoms with van der Waals surface area (Å²) in [5, 5.41) is 15.2. The largest absolute Gasteiger partial charge is 0.382 e. The zero-order valence-corrected chi connectivity index (χ0v) is 4.57. The van der Waals surface area contributed by atoms with Gasteiger partial charge in [0.1, 0.15) is 11.9 Å². The van der Waals surface area contributed by atoms with E-state index in [1.54, 1.807) is 0 Å². The molecule has 0 aliphatic heterocycles. The van der Waals surface area contributed by atoms with Crippen LogP contribution >= 0.6 is 0 Å². The molecule has 9 heavy (non-hydrogen) atoms. The summed E-state index contributed by atoms with van der Waals surface area (Å²) < 4.78 is 0. The van der Waals surface area contributed by atoms with Crippen LogP contribution in [0.1, 0.15) is 5.69 Å². The molecule has 0 radical (unpaired) electrons. The highest BCUT2D eigenvalue weighted by Gasteiger charge is 1.88. The Morgan fingerprint density at radius 2 is 2.22 bits per heavy atom. The molecule has 44 valence electrons. The molecule has 1 rings (SSSR count). The molecule has 1 aromatic rings. The zero-order valence-electron chi connectivity index (χ0n) is 4.57. The van der Waals surface area contributed by atoms with Gasteiger partial charge in [-0.15, -0.1) is 10.2 Å². The second-order valence-corrected chi connectivity index (χ2v) is 1.46. The van der Waals surface area contributed by atoms with Crippen LogP contribution in [0, 0.1) is 11.3 Å². The van der Waals surface area contributed by atoms with Crippen molar-refractivity contribution in [3.63, 3.8) is 0 Å². The number of aromatic nitrogens is 2. The van der Waals surface area contributed by atoms with E-state index in [4.69, 9.17) is 11.0 Å². The first-order chi connectivity index (χ1) is 4.33. The van der Waals surface area contributed by atoms with E-state index in [-0.39, 0.29) is 5.69 Å². The molecule has 0 aliphatic carbocycles. The molecule has 1 heterocycles. The molecule has 2 N–H and O–H groups in total. The lowest BCUT2D eigenvalue weighted by molar-refractivity contribution is 1.02. The lowest BCUT2D eigenvalue weighted by atomic mass is 10.4. The zero-order chi connectivity index (χ0) is 6.69. The van der Waals surface area contributed by atoms with Gasteiger partial charge in [0, 0.05) is 0 Å². The van der Waals surface area contributed by atoms with Gasteiger partial charge in [-0.1, -0.05) is 0 Å². The maximum Gasteiger partial charge on any atom is 0.163 e. The summed E-state index contributed by atoms with van der Waals surface area (Å²) in [6.07, 6.45) is 0. The SMILES string of the molecule is N#Cc1ccc(N)nn1. The molecular weight excluding hydrogens is 116 g/mol. The van der Waals surface area contributed by atoms with Crippen LogP contribution in [0.4, 0.5) is 5.82 Å². The third kappa shape index (κ3) is 1.13. The number of hydrogen-bond acceptors (Lipinski definition) is 4. The Labute approximate surface area is 51.9 Å². The van der Waals surface area contributed by atoms with E-state index in [2.05, 4.69) is 10.2 Å². The predicted octanol–water partition coefficient (Wildman–Crippen LogP) is -0.0695. The van der Waals surface area contributed by atoms with Crippen molar-refractivity contribution in [3.8, 4) is 6.07 Å². The van der Waals surface area contributed by atoms with Gasteiger partial charge < -0.3 is 5.73 Å². The normalized spacial score (nSPS) is 8.33. The molecule has 0 saturated carbocycles. The lowest BCUT2D eigenvalue weighted by Gasteiger charge is -1.86. The summed E-state index contributed by atoms with van der Waals surface area (Å²) in [5.74, 6) is 0.328. The van der Waals surface area contributed by atoms with Gasteiger partial charge in [-0.2, -0.15) is 5.26 Å². The smallest absolute Gasteiger partial charge is 0.163 e. The van der Waals surface area contributed by atoms with Crippen LogP contribution in [0.3, 0.4) is 0 Å². The number of nitrogens with two attached hydrogens (primary N) is 1. The number of nitriles is 1. The van der Waals surface area contributed by atoms with Crippen LogP contribution in [0.15, 0.2) is 12.1 Å². The molecule has 4 nitrogen and oxygen atoms in total.